The molecule has 0 saturated carbocycles. The first-order chi connectivity index (χ1) is 16.9. The van der Waals surface area contributed by atoms with Gasteiger partial charge in [0, 0.05) is 0 Å². The SMILES string of the molecule is CC(C)c1cccc(C(C)C)c1[NH][Zr](=[SiH2])([CH2]c1ccccc1)[c]1cccc2c1Cc1ccccc1-2.Cl.Cl. The predicted octanol–water partition coefficient (Wildman–Crippen LogP) is 7.90. The fraction of sp³-hybridized carbons (Fsp3) is 0.250. The second kappa shape index (κ2) is 12.5. The number of fused-ring (bicyclic) bond motifs is 3. The fourth-order valence-electron chi connectivity index (χ4n) is 5.69. The zero-order valence-corrected chi connectivity index (χ0v) is 27.8. The van der Waals surface area contributed by atoms with E-state index in [1.165, 1.54) is 39.1 Å². The van der Waals surface area contributed by atoms with Crippen LogP contribution in [-0.2, 0) is 29.7 Å². The first-order valence-electron chi connectivity index (χ1n) is 12.9. The van der Waals surface area contributed by atoms with E-state index in [1.54, 1.807) is 8.83 Å². The van der Waals surface area contributed by atoms with Gasteiger partial charge in [-0.05, 0) is 0 Å². The summed E-state index contributed by atoms with van der Waals surface area (Å²) < 4.78 is 7.17. The van der Waals surface area contributed by atoms with E-state index in [9.17, 15) is 0 Å². The molecule has 5 heteroatoms. The van der Waals surface area contributed by atoms with Gasteiger partial charge in [0.2, 0.25) is 0 Å². The number of halogens is 2. The molecule has 0 fully saturated rings. The Morgan fingerprint density at radius 1 is 0.703 bits per heavy atom. The largest absolute Gasteiger partial charge is 0.147 e. The molecule has 4 aromatic carbocycles. The monoisotopic (exact) mass is 624 g/mol. The number of rotatable bonds is 7. The van der Waals surface area contributed by atoms with Crippen molar-refractivity contribution in [3.63, 3.8) is 0 Å². The first kappa shape index (κ1) is 29.9. The summed E-state index contributed by atoms with van der Waals surface area (Å²) in [5, 5.41) is 0. The van der Waals surface area contributed by atoms with Crippen LogP contribution in [0.5, 0.6) is 0 Å². The maximum Gasteiger partial charge on any atom is -0.147 e. The van der Waals surface area contributed by atoms with E-state index < -0.39 is 19.2 Å². The molecule has 0 bridgehead atoms. The molecular formula is C32H38Cl2NSiZr. The molecule has 0 saturated heterocycles. The smallest absolute Gasteiger partial charge is 0.147 e. The van der Waals surface area contributed by atoms with Crippen LogP contribution in [0.2, 0.25) is 0 Å². The molecule has 0 amide bonds. The van der Waals surface area contributed by atoms with Crippen molar-refractivity contribution in [2.75, 3.05) is 3.26 Å². The van der Waals surface area contributed by atoms with Crippen molar-refractivity contribution in [1.82, 2.24) is 0 Å². The van der Waals surface area contributed by atoms with Gasteiger partial charge in [-0.15, -0.1) is 24.8 Å². The first-order valence-corrected chi connectivity index (χ1v) is 23.0. The third-order valence-corrected chi connectivity index (χ3v) is 20.2. The topological polar surface area (TPSA) is 12.0 Å². The zero-order valence-electron chi connectivity index (χ0n) is 22.3. The average molecular weight is 627 g/mol. The molecule has 1 aliphatic carbocycles. The molecule has 1 nitrogen and oxygen atoms in total. The summed E-state index contributed by atoms with van der Waals surface area (Å²) in [7, 11) is 0. The molecule has 1 aliphatic rings. The number of nitrogens with one attached hydrogen (secondary N) is 1. The molecule has 0 aromatic heterocycles. The second-order valence-corrected chi connectivity index (χ2v) is 25.9. The molecule has 1 unspecified atom stereocenters. The quantitative estimate of drug-likeness (QED) is 0.181. The van der Waals surface area contributed by atoms with E-state index in [4.69, 9.17) is 0 Å². The normalized spacial score (nSPS) is 13.2. The van der Waals surface area contributed by atoms with Crippen molar-refractivity contribution >= 4 is 40.7 Å². The Labute approximate surface area is 241 Å². The van der Waals surface area contributed by atoms with Crippen molar-refractivity contribution in [3.8, 4) is 11.1 Å². The van der Waals surface area contributed by atoms with Gasteiger partial charge in [0.25, 0.3) is 0 Å². The maximum absolute atomic E-state index is 4.40. The van der Waals surface area contributed by atoms with Gasteiger partial charge in [0.1, 0.15) is 0 Å². The Morgan fingerprint density at radius 2 is 1.27 bits per heavy atom. The minimum absolute atomic E-state index is 0. The second-order valence-electron chi connectivity index (χ2n) is 10.7. The van der Waals surface area contributed by atoms with Crippen LogP contribution in [0.15, 0.2) is 91.0 Å². The van der Waals surface area contributed by atoms with Gasteiger partial charge in [-0.2, -0.15) is 0 Å². The molecule has 37 heavy (non-hydrogen) atoms. The molecule has 1 atom stereocenters. The number of para-hydroxylation sites is 1. The van der Waals surface area contributed by atoms with Crippen LogP contribution in [-0.4, -0.2) is 6.88 Å². The Kier molecular flexibility index (Phi) is 10.1. The molecule has 193 valence electrons. The standard InChI is InChI=1S/C13H9.C12H18N.C7H7.2ClH.H2Si.Zr/c1-3-7-12-10(5-1)9-11-6-2-4-8-13(11)12;1-8(2)10-6-5-7-11(9(3)4)12(10)13;1-7-5-3-2-4-6-7;;;;/h1-5,7-8H,9H2;5-9,13H,1-4H3;2-6H,1H2;2*1H;1H2;/q;-1;;;;;+1. The van der Waals surface area contributed by atoms with E-state index >= 15 is 0 Å². The summed E-state index contributed by atoms with van der Waals surface area (Å²) in [6.07, 6.45) is 1.05. The Hall–Kier alpha value is -1.64. The van der Waals surface area contributed by atoms with Crippen LogP contribution < -0.4 is 6.53 Å². The van der Waals surface area contributed by atoms with E-state index in [0.717, 1.165) is 10.5 Å². The number of hydrogen-bond donors (Lipinski definition) is 1. The van der Waals surface area contributed by atoms with Crippen LogP contribution in [0.25, 0.3) is 11.1 Å². The van der Waals surface area contributed by atoms with Crippen LogP contribution in [0, 0.1) is 0 Å². The minimum Gasteiger partial charge on any atom is -0.147 e. The van der Waals surface area contributed by atoms with Gasteiger partial charge in [0.05, 0.1) is 0 Å². The van der Waals surface area contributed by atoms with Gasteiger partial charge in [-0.3, -0.25) is 0 Å². The summed E-state index contributed by atoms with van der Waals surface area (Å²) in [4.78, 5) is 0. The Morgan fingerprint density at radius 3 is 1.92 bits per heavy atom. The van der Waals surface area contributed by atoms with Gasteiger partial charge in [-0.25, -0.2) is 0 Å². The molecule has 5 rings (SSSR count). The van der Waals surface area contributed by atoms with Crippen molar-refractivity contribution in [2.24, 2.45) is 0 Å². The molecule has 0 aliphatic heterocycles. The van der Waals surface area contributed by atoms with E-state index in [1.807, 2.05) is 0 Å². The molecular weight excluding hydrogens is 589 g/mol. The number of hydrogen-bond acceptors (Lipinski definition) is 1. The van der Waals surface area contributed by atoms with Crippen LogP contribution in [0.4, 0.5) is 5.69 Å². The van der Waals surface area contributed by atoms with Gasteiger partial charge in [0.15, 0.2) is 0 Å². The fourth-order valence-corrected chi connectivity index (χ4v) is 18.6. The van der Waals surface area contributed by atoms with Gasteiger partial charge in [-0.1, -0.05) is 0 Å². The Bertz CT molecular complexity index is 1390. The van der Waals surface area contributed by atoms with E-state index in [0.29, 0.717) is 11.8 Å². The van der Waals surface area contributed by atoms with Crippen molar-refractivity contribution < 1.29 is 19.2 Å². The average Bonchev–Trinajstić information content (AvgIpc) is 3.23. The molecule has 0 spiro atoms. The van der Waals surface area contributed by atoms with Crippen molar-refractivity contribution in [3.05, 3.63) is 119 Å². The third kappa shape index (κ3) is 6.01. The van der Waals surface area contributed by atoms with Gasteiger partial charge >= 0.3 is 218 Å². The number of benzene rings is 4. The Balaban J connectivity index is 0.00000190. The minimum atomic E-state index is -3.18. The summed E-state index contributed by atoms with van der Waals surface area (Å²) in [6, 6.07) is 34.1. The molecule has 0 heterocycles. The molecule has 4 aromatic rings. The third-order valence-electron chi connectivity index (χ3n) is 7.45. The summed E-state index contributed by atoms with van der Waals surface area (Å²) in [6.45, 7) is 11.6. The van der Waals surface area contributed by atoms with Crippen molar-refractivity contribution in [1.29, 1.82) is 0 Å². The van der Waals surface area contributed by atoms with Crippen LogP contribution in [0.1, 0.15) is 67.3 Å². The summed E-state index contributed by atoms with van der Waals surface area (Å²) in [5.74, 6) is 0.968. The van der Waals surface area contributed by atoms with Crippen LogP contribution in [0.3, 0.4) is 0 Å². The predicted molar refractivity (Wildman–Crippen MR) is 166 cm³/mol. The van der Waals surface area contributed by atoms with E-state index in [2.05, 4.69) is 129 Å². The number of anilines is 1. The molecule has 0 radical (unpaired) electrons. The van der Waals surface area contributed by atoms with Crippen LogP contribution >= 0.6 is 24.8 Å². The van der Waals surface area contributed by atoms with Gasteiger partial charge < -0.3 is 0 Å². The summed E-state index contributed by atoms with van der Waals surface area (Å²) in [5.41, 5.74) is 11.7. The zero-order chi connectivity index (χ0) is 24.6. The van der Waals surface area contributed by atoms with E-state index in [-0.39, 0.29) is 24.8 Å². The van der Waals surface area contributed by atoms with Crippen molar-refractivity contribution in [2.45, 2.75) is 50.1 Å². The maximum atomic E-state index is 4.40. The molecule has 1 N–H and O–H groups in total. The summed E-state index contributed by atoms with van der Waals surface area (Å²) >= 11 is -3.18.